The Morgan fingerprint density at radius 2 is 1.80 bits per heavy atom. The first-order valence-corrected chi connectivity index (χ1v) is 7.29. The fraction of sp³-hybridized carbons (Fsp3) is 0.500. The molecule has 2 rings (SSSR count). The van der Waals surface area contributed by atoms with Gasteiger partial charge in [-0.3, -0.25) is 4.79 Å². The smallest absolute Gasteiger partial charge is 0.254 e. The van der Waals surface area contributed by atoms with Gasteiger partial charge in [-0.15, -0.1) is 0 Å². The molecule has 0 atom stereocenters. The molecule has 1 saturated heterocycles. The Bertz CT molecular complexity index is 485. The van der Waals surface area contributed by atoms with Crippen LogP contribution in [0.3, 0.4) is 0 Å². The van der Waals surface area contributed by atoms with Crippen LogP contribution in [0.5, 0.6) is 5.75 Å². The predicted octanol–water partition coefficient (Wildman–Crippen LogP) is 2.78. The summed E-state index contributed by atoms with van der Waals surface area (Å²) in [5.74, 6) is 0.368. The largest absolute Gasteiger partial charge is 0.494 e. The molecule has 1 fully saturated rings. The second kappa shape index (κ2) is 6.66. The molecule has 0 aliphatic carbocycles. The number of ether oxygens (including phenoxy) is 1. The number of nitrogens with zero attached hydrogens (tertiary/aromatic N) is 2. The first kappa shape index (κ1) is 15.4. The molecule has 0 bridgehead atoms. The van der Waals surface area contributed by atoms with Gasteiger partial charge in [0.25, 0.3) is 5.91 Å². The average Bonchev–Trinajstić information content (AvgIpc) is 2.62. The third-order valence-electron chi connectivity index (χ3n) is 3.46. The molecule has 6 heteroatoms. The van der Waals surface area contributed by atoms with Crippen molar-refractivity contribution in [2.24, 2.45) is 0 Å². The number of benzene rings is 1. The highest BCUT2D eigenvalue weighted by molar-refractivity contribution is 6.37. The molecule has 20 heavy (non-hydrogen) atoms. The lowest BCUT2D eigenvalue weighted by Crippen LogP contribution is -2.34. The Balaban J connectivity index is 2.20. The van der Waals surface area contributed by atoms with Gasteiger partial charge in [-0.25, -0.2) is 0 Å². The number of hydrogen-bond donors (Lipinski definition) is 0. The zero-order chi connectivity index (χ0) is 14.7. The molecule has 4 nitrogen and oxygen atoms in total. The minimum absolute atomic E-state index is 0.0354. The number of rotatable bonds is 2. The Labute approximate surface area is 129 Å². The second-order valence-electron chi connectivity index (χ2n) is 4.92. The van der Waals surface area contributed by atoms with E-state index in [1.807, 2.05) is 4.90 Å². The Hall–Kier alpha value is -0.970. The van der Waals surface area contributed by atoms with Crippen LogP contribution in [0.15, 0.2) is 12.1 Å². The monoisotopic (exact) mass is 316 g/mol. The Morgan fingerprint density at radius 3 is 2.40 bits per heavy atom. The van der Waals surface area contributed by atoms with Gasteiger partial charge in [0.2, 0.25) is 0 Å². The summed E-state index contributed by atoms with van der Waals surface area (Å²) >= 11 is 12.2. The van der Waals surface area contributed by atoms with E-state index in [9.17, 15) is 4.79 Å². The second-order valence-corrected chi connectivity index (χ2v) is 5.74. The van der Waals surface area contributed by atoms with Crippen molar-refractivity contribution in [2.75, 3.05) is 40.3 Å². The standard InChI is InChI=1S/C14H18Cl2N2O2/c1-17-4-3-5-18(7-6-17)14(19)10-8-11(15)13(20-2)12(16)9-10/h8-9H,3-7H2,1-2H3. The molecule has 1 aromatic rings. The van der Waals surface area contributed by atoms with Gasteiger partial charge in [0, 0.05) is 25.2 Å². The van der Waals surface area contributed by atoms with E-state index < -0.39 is 0 Å². The van der Waals surface area contributed by atoms with Crippen LogP contribution >= 0.6 is 23.2 Å². The van der Waals surface area contributed by atoms with Crippen molar-refractivity contribution in [2.45, 2.75) is 6.42 Å². The van der Waals surface area contributed by atoms with E-state index in [1.165, 1.54) is 7.11 Å². The highest BCUT2D eigenvalue weighted by Crippen LogP contribution is 2.34. The van der Waals surface area contributed by atoms with Crippen LogP contribution in [0.25, 0.3) is 0 Å². The average molecular weight is 317 g/mol. The Morgan fingerprint density at radius 1 is 1.15 bits per heavy atom. The minimum Gasteiger partial charge on any atom is -0.494 e. The van der Waals surface area contributed by atoms with E-state index in [0.29, 0.717) is 21.4 Å². The first-order valence-electron chi connectivity index (χ1n) is 6.53. The highest BCUT2D eigenvalue weighted by atomic mass is 35.5. The highest BCUT2D eigenvalue weighted by Gasteiger charge is 2.21. The number of carbonyl (C=O) groups excluding carboxylic acids is 1. The third-order valence-corrected chi connectivity index (χ3v) is 4.02. The van der Waals surface area contributed by atoms with E-state index >= 15 is 0 Å². The van der Waals surface area contributed by atoms with Crippen LogP contribution in [0.4, 0.5) is 0 Å². The Kier molecular flexibility index (Phi) is 5.13. The van der Waals surface area contributed by atoms with E-state index in [-0.39, 0.29) is 5.91 Å². The number of halogens is 2. The number of hydrogen-bond acceptors (Lipinski definition) is 3. The number of carbonyl (C=O) groups is 1. The molecule has 0 aromatic heterocycles. The van der Waals surface area contributed by atoms with Crippen molar-refractivity contribution in [1.29, 1.82) is 0 Å². The maximum Gasteiger partial charge on any atom is 0.254 e. The van der Waals surface area contributed by atoms with Gasteiger partial charge >= 0.3 is 0 Å². The fourth-order valence-electron chi connectivity index (χ4n) is 2.31. The molecule has 0 unspecified atom stereocenters. The van der Waals surface area contributed by atoms with Gasteiger partial charge in [-0.2, -0.15) is 0 Å². The van der Waals surface area contributed by atoms with Crippen molar-refractivity contribution in [3.05, 3.63) is 27.7 Å². The summed E-state index contributed by atoms with van der Waals surface area (Å²) in [5.41, 5.74) is 0.505. The van der Waals surface area contributed by atoms with Gasteiger partial charge in [0.1, 0.15) is 0 Å². The molecule has 110 valence electrons. The molecule has 1 aliphatic heterocycles. The molecule has 0 spiro atoms. The van der Waals surface area contributed by atoms with Crippen LogP contribution in [0.2, 0.25) is 10.0 Å². The van der Waals surface area contributed by atoms with Crippen molar-refractivity contribution < 1.29 is 9.53 Å². The van der Waals surface area contributed by atoms with Crippen LogP contribution in [-0.2, 0) is 0 Å². The number of methoxy groups -OCH3 is 1. The lowest BCUT2D eigenvalue weighted by Gasteiger charge is -2.21. The fourth-order valence-corrected chi connectivity index (χ4v) is 2.95. The summed E-state index contributed by atoms with van der Waals surface area (Å²) < 4.78 is 5.09. The van der Waals surface area contributed by atoms with Gasteiger partial charge in [-0.05, 0) is 32.1 Å². The maximum atomic E-state index is 12.5. The van der Waals surface area contributed by atoms with E-state index in [4.69, 9.17) is 27.9 Å². The van der Waals surface area contributed by atoms with Crippen molar-refractivity contribution >= 4 is 29.1 Å². The molecule has 1 heterocycles. The molecule has 1 aromatic carbocycles. The predicted molar refractivity (Wildman–Crippen MR) is 81.0 cm³/mol. The lowest BCUT2D eigenvalue weighted by molar-refractivity contribution is 0.0763. The zero-order valence-corrected chi connectivity index (χ0v) is 13.2. The maximum absolute atomic E-state index is 12.5. The van der Waals surface area contributed by atoms with Crippen LogP contribution in [0.1, 0.15) is 16.8 Å². The molecule has 0 N–H and O–H groups in total. The summed E-state index contributed by atoms with van der Waals surface area (Å²) in [5, 5.41) is 0.713. The zero-order valence-electron chi connectivity index (χ0n) is 11.7. The van der Waals surface area contributed by atoms with E-state index in [1.54, 1.807) is 12.1 Å². The minimum atomic E-state index is -0.0354. The summed E-state index contributed by atoms with van der Waals surface area (Å²) in [7, 11) is 3.56. The summed E-state index contributed by atoms with van der Waals surface area (Å²) in [6.07, 6.45) is 0.972. The molecule has 0 radical (unpaired) electrons. The summed E-state index contributed by atoms with van der Waals surface area (Å²) in [4.78, 5) is 16.6. The van der Waals surface area contributed by atoms with E-state index in [0.717, 1.165) is 32.6 Å². The van der Waals surface area contributed by atoms with Crippen molar-refractivity contribution in [3.8, 4) is 5.75 Å². The van der Waals surface area contributed by atoms with Crippen molar-refractivity contribution in [3.63, 3.8) is 0 Å². The quantitative estimate of drug-likeness (QED) is 0.841. The first-order chi connectivity index (χ1) is 9.52. The number of likely N-dealkylation sites (N-methyl/N-ethyl adjacent to an activating group) is 1. The van der Waals surface area contributed by atoms with E-state index in [2.05, 4.69) is 11.9 Å². The van der Waals surface area contributed by atoms with Gasteiger partial charge in [0.15, 0.2) is 5.75 Å². The molecule has 1 aliphatic rings. The van der Waals surface area contributed by atoms with Crippen molar-refractivity contribution in [1.82, 2.24) is 9.80 Å². The molecule has 1 amide bonds. The molecule has 0 saturated carbocycles. The topological polar surface area (TPSA) is 32.8 Å². The van der Waals surface area contributed by atoms with Crippen LogP contribution in [0, 0.1) is 0 Å². The summed E-state index contributed by atoms with van der Waals surface area (Å²) in [6, 6.07) is 3.23. The third kappa shape index (κ3) is 3.37. The van der Waals surface area contributed by atoms with Gasteiger partial charge in [0.05, 0.1) is 17.2 Å². The lowest BCUT2D eigenvalue weighted by atomic mass is 10.2. The van der Waals surface area contributed by atoms with Gasteiger partial charge in [-0.1, -0.05) is 23.2 Å². The van der Waals surface area contributed by atoms with Gasteiger partial charge < -0.3 is 14.5 Å². The SMILES string of the molecule is COc1c(Cl)cc(C(=O)N2CCCN(C)CC2)cc1Cl. The van der Waals surface area contributed by atoms with Crippen LogP contribution in [-0.4, -0.2) is 56.0 Å². The number of amides is 1. The molecular formula is C14H18Cl2N2O2. The normalized spacial score (nSPS) is 16.9. The molecular weight excluding hydrogens is 299 g/mol. The summed E-state index contributed by atoms with van der Waals surface area (Å²) in [6.45, 7) is 3.36. The van der Waals surface area contributed by atoms with Crippen LogP contribution < -0.4 is 4.74 Å².